The van der Waals surface area contributed by atoms with E-state index in [0.29, 0.717) is 17.0 Å². The number of piperidine rings is 1. The zero-order chi connectivity index (χ0) is 23.0. The lowest BCUT2D eigenvalue weighted by Crippen LogP contribution is -2.43. The number of halogens is 1. The number of carbonyl (C=O) groups is 3. The molecule has 1 N–H and O–H groups in total. The standard InChI is InChI=1S/C24H28BrN3O3S/c1-15-11-17(5-6-18(15)23(31)27-10-4-9-24(2,3)14-27)28-13-16(12-21(28)29)26-22(30)19-7-8-20(25)32-19/h5-8,11,16H,4,9-10,12-14H2,1-3H3,(H,26,30). The maximum atomic E-state index is 13.1. The molecule has 4 rings (SSSR count). The van der Waals surface area contributed by atoms with Crippen LogP contribution in [0.5, 0.6) is 0 Å². The van der Waals surface area contributed by atoms with E-state index in [1.807, 2.05) is 36.1 Å². The Morgan fingerprint density at radius 3 is 2.66 bits per heavy atom. The van der Waals surface area contributed by atoms with Crippen molar-refractivity contribution in [1.29, 1.82) is 0 Å². The van der Waals surface area contributed by atoms with Crippen LogP contribution in [0.1, 0.15) is 58.7 Å². The lowest BCUT2D eigenvalue weighted by molar-refractivity contribution is -0.117. The van der Waals surface area contributed by atoms with Crippen LogP contribution in [0.4, 0.5) is 5.69 Å². The Kier molecular flexibility index (Phi) is 6.45. The molecule has 0 spiro atoms. The molecular formula is C24H28BrN3O3S. The van der Waals surface area contributed by atoms with Crippen molar-refractivity contribution in [3.05, 3.63) is 50.1 Å². The average molecular weight is 518 g/mol. The molecule has 2 aromatic rings. The molecule has 1 aromatic carbocycles. The molecule has 3 heterocycles. The molecule has 6 nitrogen and oxygen atoms in total. The van der Waals surface area contributed by atoms with Crippen molar-refractivity contribution in [3.8, 4) is 0 Å². The first-order valence-corrected chi connectivity index (χ1v) is 12.5. The number of carbonyl (C=O) groups excluding carboxylic acids is 3. The Bertz CT molecular complexity index is 1060. The molecule has 2 aliphatic heterocycles. The minimum Gasteiger partial charge on any atom is -0.346 e. The molecule has 3 amide bonds. The van der Waals surface area contributed by atoms with Crippen LogP contribution in [0.3, 0.4) is 0 Å². The summed E-state index contributed by atoms with van der Waals surface area (Å²) in [7, 11) is 0. The molecule has 170 valence electrons. The highest BCUT2D eigenvalue weighted by atomic mass is 79.9. The van der Waals surface area contributed by atoms with Crippen molar-refractivity contribution in [2.24, 2.45) is 5.41 Å². The zero-order valence-corrected chi connectivity index (χ0v) is 21.0. The minimum absolute atomic E-state index is 0.0288. The molecule has 2 aliphatic rings. The van der Waals surface area contributed by atoms with Gasteiger partial charge in [-0.15, -0.1) is 11.3 Å². The summed E-state index contributed by atoms with van der Waals surface area (Å²) in [6.07, 6.45) is 2.42. The van der Waals surface area contributed by atoms with Gasteiger partial charge in [-0.3, -0.25) is 14.4 Å². The van der Waals surface area contributed by atoms with E-state index in [1.54, 1.807) is 11.0 Å². The molecule has 0 aliphatic carbocycles. The van der Waals surface area contributed by atoms with Crippen LogP contribution in [0.25, 0.3) is 0 Å². The van der Waals surface area contributed by atoms with Crippen LogP contribution in [0.15, 0.2) is 34.1 Å². The van der Waals surface area contributed by atoms with Crippen LogP contribution in [-0.2, 0) is 4.79 Å². The predicted molar refractivity (Wildman–Crippen MR) is 130 cm³/mol. The van der Waals surface area contributed by atoms with Gasteiger partial charge in [0, 0.05) is 37.3 Å². The molecular weight excluding hydrogens is 490 g/mol. The number of nitrogens with one attached hydrogen (secondary N) is 1. The lowest BCUT2D eigenvalue weighted by Gasteiger charge is -2.38. The fraction of sp³-hybridized carbons (Fsp3) is 0.458. The van der Waals surface area contributed by atoms with Gasteiger partial charge in [0.15, 0.2) is 0 Å². The van der Waals surface area contributed by atoms with Crippen molar-refractivity contribution < 1.29 is 14.4 Å². The van der Waals surface area contributed by atoms with Gasteiger partial charge in [0.1, 0.15) is 0 Å². The van der Waals surface area contributed by atoms with Gasteiger partial charge in [0.2, 0.25) is 5.91 Å². The number of aryl methyl sites for hydroxylation is 1. The Balaban J connectivity index is 1.44. The van der Waals surface area contributed by atoms with E-state index in [4.69, 9.17) is 0 Å². The quantitative estimate of drug-likeness (QED) is 0.643. The summed E-state index contributed by atoms with van der Waals surface area (Å²) in [5.74, 6) is -0.136. The maximum absolute atomic E-state index is 13.1. The summed E-state index contributed by atoms with van der Waals surface area (Å²) in [5, 5.41) is 2.96. The number of amides is 3. The summed E-state index contributed by atoms with van der Waals surface area (Å²) in [6.45, 7) is 8.29. The first-order valence-electron chi connectivity index (χ1n) is 10.9. The van der Waals surface area contributed by atoms with Gasteiger partial charge < -0.3 is 15.1 Å². The molecule has 2 saturated heterocycles. The van der Waals surface area contributed by atoms with Gasteiger partial charge in [0.25, 0.3) is 11.8 Å². The fourth-order valence-electron chi connectivity index (χ4n) is 4.57. The van der Waals surface area contributed by atoms with Gasteiger partial charge in [-0.05, 0) is 77.0 Å². The van der Waals surface area contributed by atoms with Gasteiger partial charge in [0.05, 0.1) is 14.7 Å². The van der Waals surface area contributed by atoms with Crippen LogP contribution in [0.2, 0.25) is 0 Å². The lowest BCUT2D eigenvalue weighted by atomic mass is 9.84. The zero-order valence-electron chi connectivity index (χ0n) is 18.6. The predicted octanol–water partition coefficient (Wildman–Crippen LogP) is 4.62. The molecule has 1 aromatic heterocycles. The van der Waals surface area contributed by atoms with Crippen molar-refractivity contribution in [1.82, 2.24) is 10.2 Å². The third-order valence-corrected chi connectivity index (χ3v) is 7.82. The summed E-state index contributed by atoms with van der Waals surface area (Å²) < 4.78 is 0.894. The number of thiophene rings is 1. The third kappa shape index (κ3) is 4.91. The molecule has 0 radical (unpaired) electrons. The molecule has 0 saturated carbocycles. The average Bonchev–Trinajstić information content (AvgIpc) is 3.32. The Morgan fingerprint density at radius 2 is 2.00 bits per heavy atom. The summed E-state index contributed by atoms with van der Waals surface area (Å²) >= 11 is 4.73. The van der Waals surface area contributed by atoms with Gasteiger partial charge in [-0.1, -0.05) is 13.8 Å². The number of hydrogen-bond donors (Lipinski definition) is 1. The Hall–Kier alpha value is -2.19. The first kappa shape index (κ1) is 23.0. The molecule has 8 heteroatoms. The molecule has 1 unspecified atom stereocenters. The van der Waals surface area contributed by atoms with Crippen LogP contribution < -0.4 is 10.2 Å². The van der Waals surface area contributed by atoms with Crippen molar-refractivity contribution >= 4 is 50.7 Å². The van der Waals surface area contributed by atoms with Crippen molar-refractivity contribution in [2.75, 3.05) is 24.5 Å². The van der Waals surface area contributed by atoms with E-state index in [9.17, 15) is 14.4 Å². The number of likely N-dealkylation sites (tertiary alicyclic amines) is 1. The van der Waals surface area contributed by atoms with Gasteiger partial charge in [-0.2, -0.15) is 0 Å². The van der Waals surface area contributed by atoms with Crippen LogP contribution >= 0.6 is 27.3 Å². The Morgan fingerprint density at radius 1 is 1.22 bits per heavy atom. The second kappa shape index (κ2) is 8.98. The number of benzene rings is 1. The highest BCUT2D eigenvalue weighted by Crippen LogP contribution is 2.31. The number of hydrogen-bond acceptors (Lipinski definition) is 4. The monoisotopic (exact) mass is 517 g/mol. The molecule has 1 atom stereocenters. The van der Waals surface area contributed by atoms with Crippen molar-refractivity contribution in [2.45, 2.75) is 46.1 Å². The number of anilines is 1. The maximum Gasteiger partial charge on any atom is 0.261 e. The van der Waals surface area contributed by atoms with E-state index >= 15 is 0 Å². The normalized spacial score (nSPS) is 20.5. The van der Waals surface area contributed by atoms with E-state index in [-0.39, 0.29) is 35.6 Å². The van der Waals surface area contributed by atoms with Gasteiger partial charge in [-0.25, -0.2) is 0 Å². The summed E-state index contributed by atoms with van der Waals surface area (Å²) in [5.41, 5.74) is 2.45. The fourth-order valence-corrected chi connectivity index (χ4v) is 5.86. The van der Waals surface area contributed by atoms with Gasteiger partial charge >= 0.3 is 0 Å². The minimum atomic E-state index is -0.243. The largest absolute Gasteiger partial charge is 0.346 e. The second-order valence-corrected chi connectivity index (χ2v) is 11.9. The summed E-state index contributed by atoms with van der Waals surface area (Å²) in [4.78, 5) is 42.5. The van der Waals surface area contributed by atoms with Crippen molar-refractivity contribution in [3.63, 3.8) is 0 Å². The molecule has 0 bridgehead atoms. The first-order chi connectivity index (χ1) is 15.1. The molecule has 2 fully saturated rings. The Labute approximate surface area is 201 Å². The topological polar surface area (TPSA) is 69.7 Å². The van der Waals surface area contributed by atoms with E-state index < -0.39 is 0 Å². The van der Waals surface area contributed by atoms with E-state index in [0.717, 1.165) is 41.0 Å². The highest BCUT2D eigenvalue weighted by Gasteiger charge is 2.33. The van der Waals surface area contributed by atoms with Crippen LogP contribution in [-0.4, -0.2) is 48.3 Å². The second-order valence-electron chi connectivity index (χ2n) is 9.48. The summed E-state index contributed by atoms with van der Waals surface area (Å²) in [6, 6.07) is 8.93. The highest BCUT2D eigenvalue weighted by molar-refractivity contribution is 9.11. The third-order valence-electron chi connectivity index (χ3n) is 6.20. The number of nitrogens with zero attached hydrogens (tertiary/aromatic N) is 2. The smallest absolute Gasteiger partial charge is 0.261 e. The van der Waals surface area contributed by atoms with Crippen LogP contribution in [0, 0.1) is 12.3 Å². The van der Waals surface area contributed by atoms with E-state index in [1.165, 1.54) is 11.3 Å². The SMILES string of the molecule is Cc1cc(N2CC(NC(=O)c3ccc(Br)s3)CC2=O)ccc1C(=O)N1CCCC(C)(C)C1. The van der Waals surface area contributed by atoms with E-state index in [2.05, 4.69) is 35.1 Å². The molecule has 32 heavy (non-hydrogen) atoms. The number of rotatable bonds is 4.